The molecule has 0 unspecified atom stereocenters. The molecule has 2 aromatic rings. The Bertz CT molecular complexity index is 879. The van der Waals surface area contributed by atoms with Crippen LogP contribution in [0, 0.1) is 5.92 Å². The summed E-state index contributed by atoms with van der Waals surface area (Å²) in [6, 6.07) is 15.8. The number of hydrogen-bond donors (Lipinski definition) is 1. The van der Waals surface area contributed by atoms with Crippen LogP contribution in [0.15, 0.2) is 48.5 Å². The first-order valence-electron chi connectivity index (χ1n) is 10.5. The van der Waals surface area contributed by atoms with Crippen LogP contribution in [0.2, 0.25) is 0 Å². The van der Waals surface area contributed by atoms with E-state index in [0.717, 1.165) is 29.0 Å². The summed E-state index contributed by atoms with van der Waals surface area (Å²) in [5, 5.41) is 3.93. The average molecular weight is 408 g/mol. The van der Waals surface area contributed by atoms with Gasteiger partial charge in [-0.25, -0.2) is 9.86 Å². The van der Waals surface area contributed by atoms with Gasteiger partial charge in [0.05, 0.1) is 7.11 Å². The summed E-state index contributed by atoms with van der Waals surface area (Å²) in [5.74, 6) is 0.182. The van der Waals surface area contributed by atoms with E-state index < -0.39 is 12.1 Å². The molecule has 0 heterocycles. The van der Waals surface area contributed by atoms with E-state index in [9.17, 15) is 9.59 Å². The van der Waals surface area contributed by atoms with Crippen molar-refractivity contribution >= 4 is 12.0 Å². The number of nitrogens with zero attached hydrogens (tertiary/aromatic N) is 1. The second-order valence-electron chi connectivity index (χ2n) is 8.07. The molecule has 0 spiro atoms. The van der Waals surface area contributed by atoms with Crippen molar-refractivity contribution in [3.63, 3.8) is 0 Å². The van der Waals surface area contributed by atoms with Gasteiger partial charge in [0.1, 0.15) is 12.6 Å². The molecule has 1 N–H and O–H groups in total. The third-order valence-corrected chi connectivity index (χ3v) is 6.31. The molecule has 158 valence electrons. The van der Waals surface area contributed by atoms with Crippen LogP contribution in [0.5, 0.6) is 0 Å². The number of ether oxygens (including phenoxy) is 1. The van der Waals surface area contributed by atoms with Gasteiger partial charge in [-0.3, -0.25) is 9.63 Å². The molecule has 1 atom stereocenters. The van der Waals surface area contributed by atoms with Crippen molar-refractivity contribution in [1.82, 2.24) is 10.4 Å². The molecular weight excluding hydrogens is 380 g/mol. The van der Waals surface area contributed by atoms with Crippen LogP contribution in [0.25, 0.3) is 11.1 Å². The molecule has 6 nitrogen and oxygen atoms in total. The van der Waals surface area contributed by atoms with E-state index in [1.807, 2.05) is 24.3 Å². The van der Waals surface area contributed by atoms with Crippen LogP contribution in [-0.2, 0) is 14.4 Å². The standard InChI is InChI=1S/C24H28N2O4/c1-26(29-2)23(27)22(14-16-8-7-9-16)25-24(28)30-15-21-19-12-5-3-10-17(19)18-11-4-6-13-20(18)21/h3-6,10-13,16,21-22H,7-9,14-15H2,1-2H3,(H,25,28)/t22-/m0/s1. The number of amides is 2. The SMILES string of the molecule is CON(C)C(=O)[C@H](CC1CCC1)NC(=O)OCC1c2ccccc2-c2ccccc21. The molecule has 1 fully saturated rings. The lowest BCUT2D eigenvalue weighted by Crippen LogP contribution is -2.48. The van der Waals surface area contributed by atoms with E-state index in [-0.39, 0.29) is 18.4 Å². The second kappa shape index (κ2) is 8.88. The zero-order valence-electron chi connectivity index (χ0n) is 17.5. The lowest BCUT2D eigenvalue weighted by molar-refractivity contribution is -0.171. The Kier molecular flexibility index (Phi) is 6.04. The fourth-order valence-corrected chi connectivity index (χ4v) is 4.38. The number of benzene rings is 2. The van der Waals surface area contributed by atoms with Crippen LogP contribution < -0.4 is 5.32 Å². The van der Waals surface area contributed by atoms with E-state index in [4.69, 9.17) is 9.57 Å². The molecule has 6 heteroatoms. The summed E-state index contributed by atoms with van der Waals surface area (Å²) in [6.07, 6.45) is 3.40. The summed E-state index contributed by atoms with van der Waals surface area (Å²) in [6.45, 7) is 0.227. The zero-order valence-corrected chi connectivity index (χ0v) is 17.5. The largest absolute Gasteiger partial charge is 0.449 e. The number of alkyl carbamates (subject to hydrolysis) is 1. The predicted molar refractivity (Wildman–Crippen MR) is 114 cm³/mol. The fraction of sp³-hybridized carbons (Fsp3) is 0.417. The number of carbonyl (C=O) groups excluding carboxylic acids is 2. The average Bonchev–Trinajstić information content (AvgIpc) is 3.06. The quantitative estimate of drug-likeness (QED) is 0.701. The maximum absolute atomic E-state index is 12.6. The molecule has 2 amide bonds. The Morgan fingerprint density at radius 1 is 1.07 bits per heavy atom. The molecule has 4 rings (SSSR count). The van der Waals surface area contributed by atoms with Gasteiger partial charge in [0.15, 0.2) is 0 Å². The molecule has 30 heavy (non-hydrogen) atoms. The minimum atomic E-state index is -0.643. The monoisotopic (exact) mass is 408 g/mol. The first-order chi connectivity index (χ1) is 14.6. The first-order valence-corrected chi connectivity index (χ1v) is 10.5. The number of likely N-dealkylation sites (N-methyl/N-ethyl adjacent to an activating group) is 1. The Morgan fingerprint density at radius 3 is 2.20 bits per heavy atom. The summed E-state index contributed by atoms with van der Waals surface area (Å²) >= 11 is 0. The summed E-state index contributed by atoms with van der Waals surface area (Å²) in [5.41, 5.74) is 4.68. The van der Waals surface area contributed by atoms with Gasteiger partial charge in [-0.05, 0) is 34.6 Å². The Balaban J connectivity index is 1.43. The van der Waals surface area contributed by atoms with E-state index in [1.165, 1.54) is 24.7 Å². The molecule has 1 saturated carbocycles. The van der Waals surface area contributed by atoms with Gasteiger partial charge in [-0.1, -0.05) is 67.8 Å². The molecular formula is C24H28N2O4. The zero-order chi connectivity index (χ0) is 21.1. The fourth-order valence-electron chi connectivity index (χ4n) is 4.38. The summed E-state index contributed by atoms with van der Waals surface area (Å²) in [7, 11) is 2.99. The number of nitrogens with one attached hydrogen (secondary N) is 1. The first kappa shape index (κ1) is 20.4. The Morgan fingerprint density at radius 2 is 1.67 bits per heavy atom. The van der Waals surface area contributed by atoms with Crippen molar-refractivity contribution in [2.24, 2.45) is 5.92 Å². The molecule has 0 saturated heterocycles. The highest BCUT2D eigenvalue weighted by Crippen LogP contribution is 2.44. The van der Waals surface area contributed by atoms with Crippen molar-refractivity contribution < 1.29 is 19.2 Å². The number of fused-ring (bicyclic) bond motifs is 3. The highest BCUT2D eigenvalue weighted by molar-refractivity contribution is 5.85. The topological polar surface area (TPSA) is 67.9 Å². The molecule has 0 aliphatic heterocycles. The lowest BCUT2D eigenvalue weighted by Gasteiger charge is -2.30. The number of hydroxylamine groups is 2. The Labute approximate surface area is 177 Å². The Hall–Kier alpha value is -2.86. The molecule has 0 radical (unpaired) electrons. The maximum atomic E-state index is 12.6. The summed E-state index contributed by atoms with van der Waals surface area (Å²) in [4.78, 5) is 30.2. The van der Waals surface area contributed by atoms with Crippen LogP contribution in [0.3, 0.4) is 0 Å². The molecule has 2 aliphatic rings. The third kappa shape index (κ3) is 4.05. The predicted octanol–water partition coefficient (Wildman–Crippen LogP) is 4.10. The minimum Gasteiger partial charge on any atom is -0.449 e. The minimum absolute atomic E-state index is 0.00872. The smallest absolute Gasteiger partial charge is 0.407 e. The molecule has 0 aromatic heterocycles. The third-order valence-electron chi connectivity index (χ3n) is 6.31. The maximum Gasteiger partial charge on any atom is 0.407 e. The van der Waals surface area contributed by atoms with Crippen molar-refractivity contribution in [3.05, 3.63) is 59.7 Å². The van der Waals surface area contributed by atoms with E-state index in [2.05, 4.69) is 29.6 Å². The normalized spacial score (nSPS) is 16.2. The van der Waals surface area contributed by atoms with Crippen molar-refractivity contribution in [2.45, 2.75) is 37.6 Å². The highest BCUT2D eigenvalue weighted by Gasteiger charge is 2.32. The van der Waals surface area contributed by atoms with Gasteiger partial charge in [-0.2, -0.15) is 0 Å². The van der Waals surface area contributed by atoms with Crippen LogP contribution in [-0.4, -0.2) is 43.9 Å². The van der Waals surface area contributed by atoms with Crippen molar-refractivity contribution in [3.8, 4) is 11.1 Å². The molecule has 0 bridgehead atoms. The van der Waals surface area contributed by atoms with E-state index in [1.54, 1.807) is 7.05 Å². The van der Waals surface area contributed by atoms with Crippen LogP contribution >= 0.6 is 0 Å². The molecule has 2 aromatic carbocycles. The molecule has 2 aliphatic carbocycles. The lowest BCUT2D eigenvalue weighted by atomic mass is 9.80. The van der Waals surface area contributed by atoms with Crippen molar-refractivity contribution in [2.75, 3.05) is 20.8 Å². The second-order valence-corrected chi connectivity index (χ2v) is 8.07. The van der Waals surface area contributed by atoms with Gasteiger partial charge in [0.2, 0.25) is 0 Å². The van der Waals surface area contributed by atoms with Crippen LogP contribution in [0.1, 0.15) is 42.7 Å². The van der Waals surface area contributed by atoms with E-state index in [0.29, 0.717) is 12.3 Å². The van der Waals surface area contributed by atoms with E-state index >= 15 is 0 Å². The number of rotatable bonds is 7. The van der Waals surface area contributed by atoms with Gasteiger partial charge in [0.25, 0.3) is 5.91 Å². The van der Waals surface area contributed by atoms with Gasteiger partial charge >= 0.3 is 6.09 Å². The number of hydrogen-bond acceptors (Lipinski definition) is 4. The van der Waals surface area contributed by atoms with Crippen molar-refractivity contribution in [1.29, 1.82) is 0 Å². The highest BCUT2D eigenvalue weighted by atomic mass is 16.7. The number of carbonyl (C=O) groups is 2. The van der Waals surface area contributed by atoms with Crippen LogP contribution in [0.4, 0.5) is 4.79 Å². The summed E-state index contributed by atoms with van der Waals surface area (Å²) < 4.78 is 5.61. The van der Waals surface area contributed by atoms with Gasteiger partial charge in [-0.15, -0.1) is 0 Å². The van der Waals surface area contributed by atoms with Gasteiger partial charge < -0.3 is 10.1 Å². The van der Waals surface area contributed by atoms with Gasteiger partial charge in [0, 0.05) is 13.0 Å².